The van der Waals surface area contributed by atoms with E-state index in [2.05, 4.69) is 0 Å². The maximum atomic E-state index is 14.0. The quantitative estimate of drug-likeness (QED) is 0.0751. The van der Waals surface area contributed by atoms with Crippen LogP contribution < -0.4 is 19.3 Å². The first-order valence-corrected chi connectivity index (χ1v) is 13.7. The van der Waals surface area contributed by atoms with Gasteiger partial charge < -0.3 is 9.47 Å². The average molecular weight is 594 g/mol. The van der Waals surface area contributed by atoms with Crippen LogP contribution in [-0.2, 0) is 16.2 Å². The molecule has 2 amide bonds. The molecule has 1 aliphatic rings. The number of carbonyl (C=O) groups is 2. The predicted molar refractivity (Wildman–Crippen MR) is 168 cm³/mol. The lowest BCUT2D eigenvalue weighted by Crippen LogP contribution is -2.57. The molecule has 10 heteroatoms. The van der Waals surface area contributed by atoms with Crippen LogP contribution in [0.5, 0.6) is 11.5 Å². The Balaban J connectivity index is 1.63. The Bertz CT molecular complexity index is 1770. The molecule has 0 atom stereocenters. The van der Waals surface area contributed by atoms with Gasteiger partial charge in [-0.1, -0.05) is 54.6 Å². The Kier molecular flexibility index (Phi) is 8.31. The zero-order chi connectivity index (χ0) is 30.7. The number of hydrogen-bond acceptors (Lipinski definition) is 7. The molecule has 4 aromatic carbocycles. The molecule has 5 rings (SSSR count). The first-order chi connectivity index (χ1) is 20.7. The third-order valence-corrected chi connectivity index (χ3v) is 7.42. The van der Waals surface area contributed by atoms with Gasteiger partial charge in [0.15, 0.2) is 16.6 Å². The second kappa shape index (κ2) is 12.3. The fourth-order valence-corrected chi connectivity index (χ4v) is 5.01. The third kappa shape index (κ3) is 5.86. The predicted octanol–water partition coefficient (Wildman–Crippen LogP) is 6.55. The zero-order valence-electron chi connectivity index (χ0n) is 23.6. The molecule has 0 unspecified atom stereocenters. The molecule has 4 aromatic rings. The first kappa shape index (κ1) is 29.2. The van der Waals surface area contributed by atoms with E-state index >= 15 is 0 Å². The summed E-state index contributed by atoms with van der Waals surface area (Å²) in [6, 6.07) is 26.0. The summed E-state index contributed by atoms with van der Waals surface area (Å²) < 4.78 is 11.3. The zero-order valence-corrected chi connectivity index (χ0v) is 24.5. The number of carbonyl (C=O) groups excluding carboxylic acids is 2. The average Bonchev–Trinajstić information content (AvgIpc) is 3.01. The summed E-state index contributed by atoms with van der Waals surface area (Å²) in [6.07, 6.45) is 1.21. The van der Waals surface area contributed by atoms with Crippen molar-refractivity contribution in [3.8, 4) is 11.5 Å². The molecular weight excluding hydrogens is 566 g/mol. The summed E-state index contributed by atoms with van der Waals surface area (Å²) in [6.45, 7) is 4.00. The van der Waals surface area contributed by atoms with E-state index in [1.165, 1.54) is 35.1 Å². The minimum Gasteiger partial charge on any atom is -0.493 e. The highest BCUT2D eigenvalue weighted by Crippen LogP contribution is 2.38. The summed E-state index contributed by atoms with van der Waals surface area (Å²) in [5.74, 6) is -1.07. The Labute approximate surface area is 253 Å². The Morgan fingerprint density at radius 1 is 0.814 bits per heavy atom. The van der Waals surface area contributed by atoms with Gasteiger partial charge in [0.1, 0.15) is 12.2 Å². The van der Waals surface area contributed by atoms with Gasteiger partial charge >= 0.3 is 0 Å². The minimum absolute atomic E-state index is 0.00789. The van der Waals surface area contributed by atoms with Crippen LogP contribution in [0.2, 0.25) is 0 Å². The molecule has 1 aliphatic heterocycles. The number of ether oxygens (including phenoxy) is 2. The van der Waals surface area contributed by atoms with Crippen LogP contribution in [0.3, 0.4) is 0 Å². The summed E-state index contributed by atoms with van der Waals surface area (Å²) in [5.41, 5.74) is 3.03. The molecule has 1 saturated heterocycles. The van der Waals surface area contributed by atoms with Crippen LogP contribution in [0, 0.1) is 24.0 Å². The fourth-order valence-electron chi connectivity index (χ4n) is 4.63. The van der Waals surface area contributed by atoms with Crippen molar-refractivity contribution < 1.29 is 24.0 Å². The lowest BCUT2D eigenvalue weighted by Gasteiger charge is -2.36. The molecular formula is C33H27N3O6S. The summed E-state index contributed by atoms with van der Waals surface area (Å²) in [5, 5.41) is 12.2. The monoisotopic (exact) mass is 593 g/mol. The van der Waals surface area contributed by atoms with E-state index < -0.39 is 16.7 Å². The van der Waals surface area contributed by atoms with Gasteiger partial charge in [0.25, 0.3) is 17.5 Å². The van der Waals surface area contributed by atoms with E-state index in [1.807, 2.05) is 50.2 Å². The van der Waals surface area contributed by atoms with Crippen molar-refractivity contribution in [1.29, 1.82) is 0 Å². The van der Waals surface area contributed by atoms with E-state index in [4.69, 9.17) is 21.7 Å². The van der Waals surface area contributed by atoms with Gasteiger partial charge in [0.2, 0.25) is 0 Å². The van der Waals surface area contributed by atoms with Gasteiger partial charge in [-0.15, -0.1) is 0 Å². The SMILES string of the molecule is COc1cc(/C=C2/C(=O)N(c3ccccc3)C(=S)N(c3ccc(C)c(C)c3)C2=O)c([N+](=O)[O-])cc1OCc1ccccc1. The maximum Gasteiger partial charge on any atom is 0.280 e. The molecule has 1 fully saturated rings. The largest absolute Gasteiger partial charge is 0.493 e. The van der Waals surface area contributed by atoms with Crippen molar-refractivity contribution in [3.05, 3.63) is 129 Å². The first-order valence-electron chi connectivity index (χ1n) is 13.3. The van der Waals surface area contributed by atoms with Gasteiger partial charge in [-0.2, -0.15) is 0 Å². The molecule has 43 heavy (non-hydrogen) atoms. The molecule has 0 saturated carbocycles. The Morgan fingerprint density at radius 2 is 1.44 bits per heavy atom. The Hall–Kier alpha value is -5.35. The number of benzene rings is 4. The standard InChI is InChI=1S/C33H27N3O6S/c1-21-14-15-26(16-22(21)2)35-32(38)27(31(37)34(33(35)43)25-12-8-5-9-13-25)17-24-18-29(41-3)30(19-28(24)36(39)40)42-20-23-10-6-4-7-11-23/h4-19H,20H2,1-3H3/b27-17-. The van der Waals surface area contributed by atoms with Crippen LogP contribution in [0.1, 0.15) is 22.3 Å². The number of amides is 2. The second-order valence-corrected chi connectivity index (χ2v) is 10.2. The molecule has 9 nitrogen and oxygen atoms in total. The lowest BCUT2D eigenvalue weighted by atomic mass is 10.0. The van der Waals surface area contributed by atoms with E-state index in [9.17, 15) is 19.7 Å². The number of para-hydroxylation sites is 1. The van der Waals surface area contributed by atoms with E-state index in [0.717, 1.165) is 16.7 Å². The smallest absolute Gasteiger partial charge is 0.280 e. The van der Waals surface area contributed by atoms with Crippen molar-refractivity contribution in [3.63, 3.8) is 0 Å². The third-order valence-electron chi connectivity index (χ3n) is 7.06. The number of rotatable bonds is 8. The molecule has 0 N–H and O–H groups in total. The summed E-state index contributed by atoms with van der Waals surface area (Å²) in [4.78, 5) is 42.0. The number of hydrogen-bond donors (Lipinski definition) is 0. The fraction of sp³-hybridized carbons (Fsp3) is 0.121. The lowest BCUT2D eigenvalue weighted by molar-refractivity contribution is -0.385. The summed E-state index contributed by atoms with van der Waals surface area (Å²) >= 11 is 5.69. The van der Waals surface area contributed by atoms with E-state index in [-0.39, 0.29) is 40.0 Å². The van der Waals surface area contributed by atoms with Crippen molar-refractivity contribution in [2.45, 2.75) is 20.5 Å². The van der Waals surface area contributed by atoms with Crippen molar-refractivity contribution in [1.82, 2.24) is 0 Å². The molecule has 0 aliphatic carbocycles. The van der Waals surface area contributed by atoms with Crippen LogP contribution in [0.15, 0.2) is 96.6 Å². The highest BCUT2D eigenvalue weighted by atomic mass is 32.1. The van der Waals surface area contributed by atoms with Crippen molar-refractivity contribution in [2.75, 3.05) is 16.9 Å². The maximum absolute atomic E-state index is 14.0. The molecule has 0 bridgehead atoms. The number of nitrogens with zero attached hydrogens (tertiary/aromatic N) is 3. The Morgan fingerprint density at radius 3 is 2.05 bits per heavy atom. The van der Waals surface area contributed by atoms with E-state index in [1.54, 1.807) is 42.5 Å². The molecule has 0 aromatic heterocycles. The van der Waals surface area contributed by atoms with Crippen LogP contribution in [0.25, 0.3) is 6.08 Å². The molecule has 0 spiro atoms. The number of anilines is 2. The topological polar surface area (TPSA) is 102 Å². The van der Waals surface area contributed by atoms with Crippen molar-refractivity contribution in [2.24, 2.45) is 0 Å². The molecule has 1 heterocycles. The number of aryl methyl sites for hydroxylation is 2. The van der Waals surface area contributed by atoms with Gasteiger partial charge in [0.05, 0.1) is 35.0 Å². The van der Waals surface area contributed by atoms with Gasteiger partial charge in [-0.3, -0.25) is 29.5 Å². The normalized spacial score (nSPS) is 14.3. The number of nitro groups is 1. The van der Waals surface area contributed by atoms with E-state index in [0.29, 0.717) is 11.4 Å². The molecule has 216 valence electrons. The second-order valence-electron chi connectivity index (χ2n) is 9.82. The van der Waals surface area contributed by atoms with Gasteiger partial charge in [-0.25, -0.2) is 0 Å². The highest BCUT2D eigenvalue weighted by molar-refractivity contribution is 7.81. The van der Waals surface area contributed by atoms with Gasteiger partial charge in [0, 0.05) is 0 Å². The number of thiocarbonyl (C=S) groups is 1. The molecule has 0 radical (unpaired) electrons. The van der Waals surface area contributed by atoms with Crippen molar-refractivity contribution >= 4 is 52.3 Å². The number of methoxy groups -OCH3 is 1. The van der Waals surface area contributed by atoms with Crippen LogP contribution >= 0.6 is 12.2 Å². The number of nitro benzene ring substituents is 1. The highest BCUT2D eigenvalue weighted by Gasteiger charge is 2.41. The minimum atomic E-state index is -0.709. The van der Waals surface area contributed by atoms with Crippen LogP contribution in [-0.4, -0.2) is 29.0 Å². The summed E-state index contributed by atoms with van der Waals surface area (Å²) in [7, 11) is 1.40. The van der Waals surface area contributed by atoms with Crippen LogP contribution in [0.4, 0.5) is 17.1 Å². The van der Waals surface area contributed by atoms with Gasteiger partial charge in [-0.05, 0) is 79.2 Å².